The van der Waals surface area contributed by atoms with E-state index in [9.17, 15) is 36.0 Å². The highest BCUT2D eigenvalue weighted by molar-refractivity contribution is 7.93. The molecule has 0 spiro atoms. The highest BCUT2D eigenvalue weighted by atomic mass is 32.2. The number of sulfonamides is 1. The maximum Gasteiger partial charge on any atom is 0.416 e. The lowest BCUT2D eigenvalue weighted by molar-refractivity contribution is -0.137. The van der Waals surface area contributed by atoms with E-state index in [0.29, 0.717) is 29.4 Å². The van der Waals surface area contributed by atoms with Gasteiger partial charge in [-0.25, -0.2) is 13.3 Å². The van der Waals surface area contributed by atoms with Crippen LogP contribution in [-0.2, 0) is 16.2 Å². The Labute approximate surface area is 296 Å². The zero-order chi connectivity index (χ0) is 36.8. The molecule has 0 aliphatic carbocycles. The van der Waals surface area contributed by atoms with Crippen LogP contribution >= 0.6 is 0 Å². The summed E-state index contributed by atoms with van der Waals surface area (Å²) in [6, 6.07) is 22.4. The normalized spacial score (nSPS) is 14.8. The van der Waals surface area contributed by atoms with Gasteiger partial charge in [-0.1, -0.05) is 30.3 Å². The largest absolute Gasteiger partial charge is 0.495 e. The van der Waals surface area contributed by atoms with Crippen molar-refractivity contribution in [3.8, 4) is 5.75 Å². The number of nitrogens with zero attached hydrogens (tertiary/aromatic N) is 2. The summed E-state index contributed by atoms with van der Waals surface area (Å²) in [5, 5.41) is 3.21. The van der Waals surface area contributed by atoms with Crippen molar-refractivity contribution in [3.63, 3.8) is 0 Å². The summed E-state index contributed by atoms with van der Waals surface area (Å²) in [6.45, 7) is 1.32. The van der Waals surface area contributed by atoms with E-state index >= 15 is 0 Å². The van der Waals surface area contributed by atoms with Crippen LogP contribution < -0.4 is 24.6 Å². The number of anilines is 4. The fraction of sp³-hybridized carbons (Fsp3) is 0.184. The van der Waals surface area contributed by atoms with Crippen LogP contribution in [0.1, 0.15) is 55.9 Å². The first kappa shape index (κ1) is 34.6. The lowest BCUT2D eigenvalue weighted by Gasteiger charge is -2.30. The summed E-state index contributed by atoms with van der Waals surface area (Å²) in [7, 11) is -2.77. The van der Waals surface area contributed by atoms with E-state index in [1.165, 1.54) is 43.5 Å². The molecule has 52 heavy (non-hydrogen) atoms. The Morgan fingerprint density at radius 3 is 2.25 bits per heavy atom. The Hall–Kier alpha value is -5.89. The Bertz CT molecular complexity index is 2350. The molecule has 0 aromatic heterocycles. The molecule has 7 rings (SSSR count). The second kappa shape index (κ2) is 13.3. The zero-order valence-electron chi connectivity index (χ0n) is 27.7. The smallest absolute Gasteiger partial charge is 0.416 e. The fourth-order valence-corrected chi connectivity index (χ4v) is 8.00. The van der Waals surface area contributed by atoms with Gasteiger partial charge in [-0.3, -0.25) is 19.1 Å². The molecule has 0 saturated carbocycles. The highest BCUT2D eigenvalue weighted by Crippen LogP contribution is 2.38. The highest BCUT2D eigenvalue weighted by Gasteiger charge is 2.37. The van der Waals surface area contributed by atoms with E-state index in [1.54, 1.807) is 42.5 Å². The second-order valence-electron chi connectivity index (χ2n) is 12.4. The molecule has 1 saturated heterocycles. The Morgan fingerprint density at radius 1 is 0.808 bits per heavy atom. The zero-order valence-corrected chi connectivity index (χ0v) is 28.5. The summed E-state index contributed by atoms with van der Waals surface area (Å²) in [5.41, 5.74) is -0.223. The van der Waals surface area contributed by atoms with Gasteiger partial charge in [0.05, 0.1) is 29.7 Å². The average molecular weight is 729 g/mol. The number of imide groups is 1. The maximum atomic E-state index is 14.0. The van der Waals surface area contributed by atoms with Gasteiger partial charge in [-0.2, -0.15) is 13.2 Å². The molecule has 5 aromatic carbocycles. The SMILES string of the molecule is COc1ccccc1NS(=O)(=O)c1cc(NC(=O)c2ccc3c4c(cccc24)C(=O)N(c2cccc(C(F)(F)F)c2)C3=O)ccc1N1CCCCC1. The van der Waals surface area contributed by atoms with Crippen molar-refractivity contribution in [2.75, 3.05) is 40.0 Å². The summed E-state index contributed by atoms with van der Waals surface area (Å²) in [6.07, 6.45) is -1.87. The van der Waals surface area contributed by atoms with Gasteiger partial charge in [-0.05, 0) is 91.4 Å². The molecule has 3 amide bonds. The number of methoxy groups -OCH3 is 1. The van der Waals surface area contributed by atoms with E-state index in [0.717, 1.165) is 37.5 Å². The molecular formula is C38H31F3N4O6S. The van der Waals surface area contributed by atoms with Gasteiger partial charge in [0.25, 0.3) is 27.7 Å². The van der Waals surface area contributed by atoms with Gasteiger partial charge < -0.3 is 15.0 Å². The molecule has 2 aliphatic heterocycles. The number of ether oxygens (including phenoxy) is 1. The molecule has 5 aromatic rings. The molecule has 266 valence electrons. The maximum absolute atomic E-state index is 14.0. The standard InChI is InChI=1S/C38H31F3N4O6S/c1-51-32-14-4-3-13-30(32)43-52(49,50)33-22-24(15-18-31(33)44-19-5-2-6-20-44)42-35(46)27-16-17-29-34-26(27)11-8-12-28(34)36(47)45(37(29)48)25-10-7-9-23(21-25)38(39,40)41/h3-4,7-18,21-22,43H,2,5-6,19-20H2,1H3,(H,42,46). The average Bonchev–Trinajstić information content (AvgIpc) is 3.14. The van der Waals surface area contributed by atoms with Gasteiger partial charge in [0.2, 0.25) is 0 Å². The van der Waals surface area contributed by atoms with Gasteiger partial charge in [-0.15, -0.1) is 0 Å². The van der Waals surface area contributed by atoms with Crippen molar-refractivity contribution < 1.29 is 40.7 Å². The predicted octanol–water partition coefficient (Wildman–Crippen LogP) is 7.71. The lowest BCUT2D eigenvalue weighted by atomic mass is 9.90. The molecule has 0 atom stereocenters. The van der Waals surface area contributed by atoms with Crippen molar-refractivity contribution in [1.82, 2.24) is 0 Å². The van der Waals surface area contributed by atoms with Gasteiger partial charge in [0.15, 0.2) is 0 Å². The minimum Gasteiger partial charge on any atom is -0.495 e. The first-order valence-corrected chi connectivity index (χ1v) is 17.8. The monoisotopic (exact) mass is 728 g/mol. The Morgan fingerprint density at radius 2 is 1.52 bits per heavy atom. The number of para-hydroxylation sites is 2. The van der Waals surface area contributed by atoms with Crippen LogP contribution in [0.5, 0.6) is 5.75 Å². The first-order valence-electron chi connectivity index (χ1n) is 16.4. The topological polar surface area (TPSA) is 125 Å². The van der Waals surface area contributed by atoms with E-state index in [2.05, 4.69) is 10.0 Å². The van der Waals surface area contributed by atoms with Crippen LogP contribution in [0.15, 0.2) is 102 Å². The molecule has 0 radical (unpaired) electrons. The van der Waals surface area contributed by atoms with Crippen LogP contribution in [0.25, 0.3) is 10.8 Å². The number of halogens is 3. The number of benzene rings is 5. The van der Waals surface area contributed by atoms with Crippen molar-refractivity contribution >= 4 is 61.3 Å². The molecule has 1 fully saturated rings. The van der Waals surface area contributed by atoms with E-state index in [4.69, 9.17) is 4.74 Å². The summed E-state index contributed by atoms with van der Waals surface area (Å²) < 4.78 is 76.3. The van der Waals surface area contributed by atoms with Crippen molar-refractivity contribution in [2.24, 2.45) is 0 Å². The van der Waals surface area contributed by atoms with Crippen LogP contribution in [0.2, 0.25) is 0 Å². The number of hydrogen-bond acceptors (Lipinski definition) is 7. The first-order chi connectivity index (χ1) is 24.9. The third-order valence-corrected chi connectivity index (χ3v) is 10.5. The van der Waals surface area contributed by atoms with Crippen LogP contribution in [0, 0.1) is 0 Å². The van der Waals surface area contributed by atoms with Crippen molar-refractivity contribution in [3.05, 3.63) is 119 Å². The van der Waals surface area contributed by atoms with E-state index < -0.39 is 39.5 Å². The second-order valence-corrected chi connectivity index (χ2v) is 14.0. The number of piperidine rings is 1. The van der Waals surface area contributed by atoms with Crippen molar-refractivity contribution in [2.45, 2.75) is 30.3 Å². The molecule has 2 heterocycles. The lowest BCUT2D eigenvalue weighted by Crippen LogP contribution is -2.40. The van der Waals surface area contributed by atoms with Gasteiger partial charge in [0.1, 0.15) is 10.6 Å². The molecule has 0 bridgehead atoms. The number of rotatable bonds is 8. The van der Waals surface area contributed by atoms with E-state index in [-0.39, 0.29) is 49.4 Å². The fourth-order valence-electron chi connectivity index (χ4n) is 6.68. The summed E-state index contributed by atoms with van der Waals surface area (Å²) in [5.74, 6) is -2.00. The molecule has 2 aliphatic rings. The minimum atomic E-state index is -4.69. The molecule has 14 heteroatoms. The Kier molecular flexibility index (Phi) is 8.87. The predicted molar refractivity (Wildman–Crippen MR) is 191 cm³/mol. The minimum absolute atomic E-state index is 0.0286. The summed E-state index contributed by atoms with van der Waals surface area (Å²) in [4.78, 5) is 43.8. The van der Waals surface area contributed by atoms with E-state index in [1.807, 2.05) is 4.90 Å². The van der Waals surface area contributed by atoms with Crippen LogP contribution in [0.4, 0.5) is 35.9 Å². The number of nitrogens with one attached hydrogen (secondary N) is 2. The molecule has 10 nitrogen and oxygen atoms in total. The number of alkyl halides is 3. The Balaban J connectivity index is 1.24. The molecular weight excluding hydrogens is 698 g/mol. The molecule has 2 N–H and O–H groups in total. The molecule has 0 unspecified atom stereocenters. The number of hydrogen-bond donors (Lipinski definition) is 2. The third kappa shape index (κ3) is 6.30. The number of amides is 3. The van der Waals surface area contributed by atoms with Crippen molar-refractivity contribution in [1.29, 1.82) is 0 Å². The number of carbonyl (C=O) groups is 3. The van der Waals surface area contributed by atoms with Crippen LogP contribution in [-0.4, -0.2) is 46.3 Å². The quantitative estimate of drug-likeness (QED) is 0.157. The van der Waals surface area contributed by atoms with Gasteiger partial charge in [0, 0.05) is 40.9 Å². The summed E-state index contributed by atoms with van der Waals surface area (Å²) >= 11 is 0. The van der Waals surface area contributed by atoms with Crippen LogP contribution in [0.3, 0.4) is 0 Å². The van der Waals surface area contributed by atoms with Gasteiger partial charge >= 0.3 is 6.18 Å². The third-order valence-electron chi connectivity index (χ3n) is 9.14. The number of carbonyl (C=O) groups excluding carboxylic acids is 3.